The van der Waals surface area contributed by atoms with Gasteiger partial charge in [-0.05, 0) is 42.2 Å². The highest BCUT2D eigenvalue weighted by atomic mass is 16.1. The lowest BCUT2D eigenvalue weighted by Gasteiger charge is -2.18. The molecule has 0 atom stereocenters. The normalized spacial score (nSPS) is 13.4. The fourth-order valence-electron chi connectivity index (χ4n) is 4.65. The summed E-state index contributed by atoms with van der Waals surface area (Å²) >= 11 is 0. The van der Waals surface area contributed by atoms with E-state index in [1.807, 2.05) is 36.5 Å². The molecule has 4 heterocycles. The Hall–Kier alpha value is -4.39. The molecular formula is C28H26N6O. The van der Waals surface area contributed by atoms with E-state index >= 15 is 0 Å². The van der Waals surface area contributed by atoms with Crippen LogP contribution in [0.3, 0.4) is 0 Å². The van der Waals surface area contributed by atoms with Crippen LogP contribution in [0.1, 0.15) is 28.8 Å². The predicted molar refractivity (Wildman–Crippen MR) is 139 cm³/mol. The molecule has 1 aliphatic rings. The summed E-state index contributed by atoms with van der Waals surface area (Å²) < 4.78 is 1.77. The molecule has 0 aliphatic carbocycles. The third-order valence-corrected chi connectivity index (χ3v) is 6.51. The van der Waals surface area contributed by atoms with Crippen molar-refractivity contribution in [3.63, 3.8) is 0 Å². The zero-order chi connectivity index (χ0) is 23.6. The molecule has 1 amide bonds. The number of pyridine rings is 1. The van der Waals surface area contributed by atoms with Crippen LogP contribution in [0.15, 0.2) is 85.5 Å². The smallest absolute Gasteiger partial charge is 0.258 e. The summed E-state index contributed by atoms with van der Waals surface area (Å²) in [6.07, 6.45) is 9.52. The van der Waals surface area contributed by atoms with Crippen molar-refractivity contribution in [2.24, 2.45) is 0 Å². The number of rotatable bonds is 6. The van der Waals surface area contributed by atoms with E-state index in [-0.39, 0.29) is 5.91 Å². The van der Waals surface area contributed by atoms with E-state index < -0.39 is 0 Å². The first-order valence-corrected chi connectivity index (χ1v) is 11.9. The number of nitrogens with zero attached hydrogens (tertiary/aromatic N) is 4. The van der Waals surface area contributed by atoms with E-state index in [2.05, 4.69) is 55.6 Å². The first kappa shape index (κ1) is 21.2. The molecule has 0 unspecified atom stereocenters. The first-order chi connectivity index (χ1) is 17.2. The number of carbonyl (C=O) groups excluding carboxylic acids is 1. The zero-order valence-corrected chi connectivity index (χ0v) is 19.3. The number of aromatic nitrogens is 4. The molecule has 0 radical (unpaired) electrons. The second-order valence-corrected chi connectivity index (χ2v) is 8.93. The molecule has 7 nitrogen and oxygen atoms in total. The minimum Gasteiger partial charge on any atom is -0.372 e. The maximum absolute atomic E-state index is 13.0. The maximum atomic E-state index is 13.0. The quantitative estimate of drug-likeness (QED) is 0.358. The molecule has 1 saturated heterocycles. The van der Waals surface area contributed by atoms with Crippen molar-refractivity contribution in [1.82, 2.24) is 19.7 Å². The average Bonchev–Trinajstić information content (AvgIpc) is 3.67. The molecule has 35 heavy (non-hydrogen) atoms. The second kappa shape index (κ2) is 9.10. The highest BCUT2D eigenvalue weighted by Gasteiger charge is 2.15. The Balaban J connectivity index is 1.23. The molecule has 0 spiro atoms. The summed E-state index contributed by atoms with van der Waals surface area (Å²) in [4.78, 5) is 23.2. The summed E-state index contributed by atoms with van der Waals surface area (Å²) in [5.74, 6) is -0.202. The Bertz CT molecular complexity index is 1480. The summed E-state index contributed by atoms with van der Waals surface area (Å²) in [5, 5.41) is 8.25. The summed E-state index contributed by atoms with van der Waals surface area (Å²) in [6.45, 7) is 2.83. The van der Waals surface area contributed by atoms with Crippen LogP contribution in [-0.4, -0.2) is 38.7 Å². The van der Waals surface area contributed by atoms with E-state index in [4.69, 9.17) is 0 Å². The molecular weight excluding hydrogens is 436 g/mol. The number of anilines is 2. The zero-order valence-electron chi connectivity index (χ0n) is 19.3. The predicted octanol–water partition coefficient (Wildman–Crippen LogP) is 5.33. The van der Waals surface area contributed by atoms with Gasteiger partial charge in [0.1, 0.15) is 5.65 Å². The van der Waals surface area contributed by atoms with Crippen molar-refractivity contribution in [3.05, 3.63) is 96.6 Å². The molecule has 6 rings (SSSR count). The van der Waals surface area contributed by atoms with E-state index in [1.165, 1.54) is 18.5 Å². The Morgan fingerprint density at radius 3 is 2.69 bits per heavy atom. The summed E-state index contributed by atoms with van der Waals surface area (Å²) in [5.41, 5.74) is 6.46. The standard InChI is InChI=1S/C28H26N6O/c35-28(23-16-31-34(19-23)18-20-7-2-1-3-8-20)32-26-17-30-27-25(26)14-22(15-29-27)21-9-6-10-24(13-21)33-11-4-5-12-33/h1-3,6-10,13-17,19H,4-5,11-12,18H2,(H,29,30)(H,32,35). The third kappa shape index (κ3) is 4.40. The van der Waals surface area contributed by atoms with Gasteiger partial charge in [-0.1, -0.05) is 42.5 Å². The Morgan fingerprint density at radius 1 is 0.971 bits per heavy atom. The number of nitrogens with one attached hydrogen (secondary N) is 2. The van der Waals surface area contributed by atoms with Crippen molar-refractivity contribution in [1.29, 1.82) is 0 Å². The lowest BCUT2D eigenvalue weighted by molar-refractivity contribution is 0.102. The second-order valence-electron chi connectivity index (χ2n) is 8.93. The number of benzene rings is 2. The van der Waals surface area contributed by atoms with Gasteiger partial charge in [0.15, 0.2) is 0 Å². The van der Waals surface area contributed by atoms with Gasteiger partial charge in [-0.15, -0.1) is 0 Å². The van der Waals surface area contributed by atoms with Crippen LogP contribution in [0.4, 0.5) is 11.4 Å². The molecule has 5 aromatic rings. The van der Waals surface area contributed by atoms with Crippen molar-refractivity contribution < 1.29 is 4.79 Å². The van der Waals surface area contributed by atoms with Crippen LogP contribution < -0.4 is 10.2 Å². The minimum atomic E-state index is -0.202. The van der Waals surface area contributed by atoms with Gasteiger partial charge in [-0.3, -0.25) is 9.48 Å². The Morgan fingerprint density at radius 2 is 1.83 bits per heavy atom. The monoisotopic (exact) mass is 462 g/mol. The number of amides is 1. The molecule has 174 valence electrons. The van der Waals surface area contributed by atoms with E-state index in [1.54, 1.807) is 23.3 Å². The molecule has 0 bridgehead atoms. The SMILES string of the molecule is O=C(Nc1c[nH]c2ncc(-c3cccc(N4CCCC4)c3)cc12)c1cnn(Cc2ccccc2)c1. The van der Waals surface area contributed by atoms with Gasteiger partial charge in [-0.25, -0.2) is 4.98 Å². The largest absolute Gasteiger partial charge is 0.372 e. The first-order valence-electron chi connectivity index (χ1n) is 11.9. The van der Waals surface area contributed by atoms with E-state index in [0.29, 0.717) is 17.8 Å². The topological polar surface area (TPSA) is 78.8 Å². The fourth-order valence-corrected chi connectivity index (χ4v) is 4.65. The van der Waals surface area contributed by atoms with Crippen LogP contribution in [0, 0.1) is 0 Å². The van der Waals surface area contributed by atoms with Crippen LogP contribution in [0.5, 0.6) is 0 Å². The number of aromatic amines is 1. The highest BCUT2D eigenvalue weighted by Crippen LogP contribution is 2.30. The van der Waals surface area contributed by atoms with Gasteiger partial charge in [0.2, 0.25) is 0 Å². The van der Waals surface area contributed by atoms with Crippen molar-refractivity contribution in [2.75, 3.05) is 23.3 Å². The lowest BCUT2D eigenvalue weighted by Crippen LogP contribution is -2.17. The lowest BCUT2D eigenvalue weighted by atomic mass is 10.1. The highest BCUT2D eigenvalue weighted by molar-refractivity contribution is 6.08. The average molecular weight is 463 g/mol. The maximum Gasteiger partial charge on any atom is 0.258 e. The van der Waals surface area contributed by atoms with Gasteiger partial charge in [0, 0.05) is 48.3 Å². The summed E-state index contributed by atoms with van der Waals surface area (Å²) in [6, 6.07) is 20.7. The van der Waals surface area contributed by atoms with Crippen molar-refractivity contribution >= 4 is 28.3 Å². The van der Waals surface area contributed by atoms with Crippen molar-refractivity contribution in [2.45, 2.75) is 19.4 Å². The minimum absolute atomic E-state index is 0.202. The van der Waals surface area contributed by atoms with E-state index in [0.717, 1.165) is 40.8 Å². The van der Waals surface area contributed by atoms with Crippen LogP contribution in [0.25, 0.3) is 22.2 Å². The van der Waals surface area contributed by atoms with Gasteiger partial charge in [0.05, 0.1) is 24.0 Å². The Labute approximate surface area is 203 Å². The molecule has 2 aromatic carbocycles. The van der Waals surface area contributed by atoms with Gasteiger partial charge < -0.3 is 15.2 Å². The molecule has 1 aliphatic heterocycles. The van der Waals surface area contributed by atoms with Crippen LogP contribution >= 0.6 is 0 Å². The Kier molecular flexibility index (Phi) is 5.50. The molecule has 7 heteroatoms. The summed E-state index contributed by atoms with van der Waals surface area (Å²) in [7, 11) is 0. The number of fused-ring (bicyclic) bond motifs is 1. The number of hydrogen-bond acceptors (Lipinski definition) is 4. The van der Waals surface area contributed by atoms with Crippen LogP contribution in [0.2, 0.25) is 0 Å². The molecule has 1 fully saturated rings. The van der Waals surface area contributed by atoms with Crippen molar-refractivity contribution in [3.8, 4) is 11.1 Å². The van der Waals surface area contributed by atoms with Gasteiger partial charge in [-0.2, -0.15) is 5.10 Å². The number of H-pyrrole nitrogens is 1. The molecule has 2 N–H and O–H groups in total. The number of carbonyl (C=O) groups is 1. The fraction of sp³-hybridized carbons (Fsp3) is 0.179. The number of hydrogen-bond donors (Lipinski definition) is 2. The molecule has 0 saturated carbocycles. The van der Waals surface area contributed by atoms with Gasteiger partial charge >= 0.3 is 0 Å². The molecule has 3 aromatic heterocycles. The van der Waals surface area contributed by atoms with E-state index in [9.17, 15) is 4.79 Å². The third-order valence-electron chi connectivity index (χ3n) is 6.51. The van der Waals surface area contributed by atoms with Gasteiger partial charge in [0.25, 0.3) is 5.91 Å². The van der Waals surface area contributed by atoms with Crippen LogP contribution in [-0.2, 0) is 6.54 Å².